The molecule has 1 fully saturated rings. The minimum atomic E-state index is -0.308. The molecule has 126 valence electrons. The molecule has 0 aliphatic carbocycles. The van der Waals surface area contributed by atoms with Crippen molar-refractivity contribution < 1.29 is 14.3 Å². The van der Waals surface area contributed by atoms with E-state index in [0.717, 1.165) is 19.3 Å². The molecule has 1 aliphatic heterocycles. The molecular formula is C17H25N3O3. The van der Waals surface area contributed by atoms with Crippen molar-refractivity contribution in [2.75, 3.05) is 32.8 Å². The van der Waals surface area contributed by atoms with Crippen LogP contribution in [0.15, 0.2) is 30.3 Å². The summed E-state index contributed by atoms with van der Waals surface area (Å²) in [5.41, 5.74) is 6.46. The number of likely N-dealkylation sites (tertiary alicyclic amines) is 1. The van der Waals surface area contributed by atoms with Gasteiger partial charge < -0.3 is 20.7 Å². The van der Waals surface area contributed by atoms with E-state index in [1.54, 1.807) is 4.90 Å². The molecule has 6 heteroatoms. The lowest BCUT2D eigenvalue weighted by atomic mass is 10.1. The summed E-state index contributed by atoms with van der Waals surface area (Å²) in [4.78, 5) is 24.8. The molecule has 0 radical (unpaired) electrons. The number of ether oxygens (including phenoxy) is 1. The van der Waals surface area contributed by atoms with Crippen LogP contribution in [0, 0.1) is 0 Å². The zero-order chi connectivity index (χ0) is 16.5. The zero-order valence-electron chi connectivity index (χ0n) is 13.4. The molecule has 0 atom stereocenters. The van der Waals surface area contributed by atoms with E-state index in [1.165, 1.54) is 5.56 Å². The summed E-state index contributed by atoms with van der Waals surface area (Å²) in [7, 11) is 0. The zero-order valence-corrected chi connectivity index (χ0v) is 13.4. The second-order valence-electron chi connectivity index (χ2n) is 5.67. The van der Waals surface area contributed by atoms with Crippen LogP contribution in [0.4, 0.5) is 0 Å². The van der Waals surface area contributed by atoms with E-state index in [9.17, 15) is 9.59 Å². The first-order valence-corrected chi connectivity index (χ1v) is 8.09. The second kappa shape index (κ2) is 9.27. The molecule has 1 aromatic rings. The first-order chi connectivity index (χ1) is 11.2. The largest absolute Gasteiger partial charge is 0.378 e. The van der Waals surface area contributed by atoms with E-state index in [2.05, 4.69) is 17.4 Å². The maximum Gasteiger partial charge on any atom is 0.241 e. The summed E-state index contributed by atoms with van der Waals surface area (Å²) in [6, 6.07) is 10.3. The van der Waals surface area contributed by atoms with Gasteiger partial charge in [0.1, 0.15) is 0 Å². The van der Waals surface area contributed by atoms with Crippen LogP contribution in [0.3, 0.4) is 0 Å². The average Bonchev–Trinajstić information content (AvgIpc) is 2.61. The minimum Gasteiger partial charge on any atom is -0.378 e. The number of nitrogens with one attached hydrogen (secondary N) is 1. The molecule has 1 saturated heterocycles. The van der Waals surface area contributed by atoms with Crippen LogP contribution >= 0.6 is 0 Å². The molecule has 1 aliphatic rings. The van der Waals surface area contributed by atoms with Gasteiger partial charge in [-0.15, -0.1) is 0 Å². The summed E-state index contributed by atoms with van der Waals surface area (Å²) >= 11 is 0. The van der Waals surface area contributed by atoms with Gasteiger partial charge in [0.2, 0.25) is 11.8 Å². The Kier molecular flexibility index (Phi) is 7.03. The van der Waals surface area contributed by atoms with E-state index in [0.29, 0.717) is 19.7 Å². The fourth-order valence-electron chi connectivity index (χ4n) is 2.62. The standard InChI is InChI=1S/C17H25N3O3/c18-12-16(21)19-13-17(22)20-9-6-15(7-10-20)23-11-8-14-4-2-1-3-5-14/h1-5,15H,6-13,18H2,(H,19,21). The average molecular weight is 319 g/mol. The van der Waals surface area contributed by atoms with Gasteiger partial charge in [-0.1, -0.05) is 30.3 Å². The molecule has 0 spiro atoms. The third-order valence-electron chi connectivity index (χ3n) is 4.00. The number of carbonyl (C=O) groups is 2. The van der Waals surface area contributed by atoms with Crippen molar-refractivity contribution >= 4 is 11.8 Å². The monoisotopic (exact) mass is 319 g/mol. The van der Waals surface area contributed by atoms with Crippen molar-refractivity contribution in [3.05, 3.63) is 35.9 Å². The van der Waals surface area contributed by atoms with Crippen LogP contribution in [0.25, 0.3) is 0 Å². The van der Waals surface area contributed by atoms with Crippen molar-refractivity contribution in [2.45, 2.75) is 25.4 Å². The lowest BCUT2D eigenvalue weighted by molar-refractivity contribution is -0.134. The predicted octanol–water partition coefficient (Wildman–Crippen LogP) is 0.312. The number of hydrogen-bond acceptors (Lipinski definition) is 4. The van der Waals surface area contributed by atoms with Gasteiger partial charge in [0.15, 0.2) is 0 Å². The van der Waals surface area contributed by atoms with Crippen molar-refractivity contribution in [1.29, 1.82) is 0 Å². The van der Waals surface area contributed by atoms with Crippen LogP contribution in [0.1, 0.15) is 18.4 Å². The van der Waals surface area contributed by atoms with Gasteiger partial charge in [-0.3, -0.25) is 9.59 Å². The number of amides is 2. The van der Waals surface area contributed by atoms with Crippen LogP contribution in [-0.4, -0.2) is 55.6 Å². The van der Waals surface area contributed by atoms with Gasteiger partial charge in [0.25, 0.3) is 0 Å². The molecule has 6 nitrogen and oxygen atoms in total. The van der Waals surface area contributed by atoms with Crippen molar-refractivity contribution in [1.82, 2.24) is 10.2 Å². The van der Waals surface area contributed by atoms with E-state index >= 15 is 0 Å². The highest BCUT2D eigenvalue weighted by molar-refractivity contribution is 5.85. The third kappa shape index (κ3) is 6.00. The van der Waals surface area contributed by atoms with Gasteiger partial charge in [-0.05, 0) is 24.8 Å². The van der Waals surface area contributed by atoms with Crippen LogP contribution in [0.2, 0.25) is 0 Å². The van der Waals surface area contributed by atoms with Crippen LogP contribution < -0.4 is 11.1 Å². The van der Waals surface area contributed by atoms with Crippen LogP contribution in [0.5, 0.6) is 0 Å². The van der Waals surface area contributed by atoms with Gasteiger partial charge in [0.05, 0.1) is 25.8 Å². The van der Waals surface area contributed by atoms with Crippen molar-refractivity contribution in [3.63, 3.8) is 0 Å². The van der Waals surface area contributed by atoms with Gasteiger partial charge in [0, 0.05) is 13.1 Å². The molecule has 0 aromatic heterocycles. The minimum absolute atomic E-state index is 0.0234. The van der Waals surface area contributed by atoms with E-state index in [-0.39, 0.29) is 31.0 Å². The topological polar surface area (TPSA) is 84.7 Å². The highest BCUT2D eigenvalue weighted by Crippen LogP contribution is 2.14. The first kappa shape index (κ1) is 17.4. The maximum atomic E-state index is 12.0. The Morgan fingerprint density at radius 2 is 1.91 bits per heavy atom. The molecule has 0 unspecified atom stereocenters. The summed E-state index contributed by atoms with van der Waals surface area (Å²) in [5.74, 6) is -0.369. The van der Waals surface area contributed by atoms with E-state index in [1.807, 2.05) is 18.2 Å². The number of nitrogens with two attached hydrogens (primary N) is 1. The SMILES string of the molecule is NCC(=O)NCC(=O)N1CCC(OCCc2ccccc2)CC1. The summed E-state index contributed by atoms with van der Waals surface area (Å²) in [6.07, 6.45) is 2.79. The highest BCUT2D eigenvalue weighted by Gasteiger charge is 2.23. The van der Waals surface area contributed by atoms with E-state index in [4.69, 9.17) is 10.5 Å². The molecule has 0 saturated carbocycles. The Hall–Kier alpha value is -1.92. The van der Waals surface area contributed by atoms with Crippen molar-refractivity contribution in [3.8, 4) is 0 Å². The summed E-state index contributed by atoms with van der Waals surface area (Å²) in [6.45, 7) is 1.98. The van der Waals surface area contributed by atoms with Gasteiger partial charge in [-0.2, -0.15) is 0 Å². The third-order valence-corrected chi connectivity index (χ3v) is 4.00. The summed E-state index contributed by atoms with van der Waals surface area (Å²) in [5, 5.41) is 2.51. The molecule has 23 heavy (non-hydrogen) atoms. The fourth-order valence-corrected chi connectivity index (χ4v) is 2.62. The second-order valence-corrected chi connectivity index (χ2v) is 5.67. The maximum absolute atomic E-state index is 12.0. The molecule has 2 amide bonds. The molecule has 0 bridgehead atoms. The first-order valence-electron chi connectivity index (χ1n) is 8.09. The normalized spacial score (nSPS) is 15.4. The predicted molar refractivity (Wildman–Crippen MR) is 87.8 cm³/mol. The smallest absolute Gasteiger partial charge is 0.241 e. The fraction of sp³-hybridized carbons (Fsp3) is 0.529. The number of benzene rings is 1. The Labute approximate surface area is 137 Å². The Bertz CT molecular complexity index is 499. The Balaban J connectivity index is 1.62. The van der Waals surface area contributed by atoms with Crippen molar-refractivity contribution in [2.24, 2.45) is 5.73 Å². The quantitative estimate of drug-likeness (QED) is 0.757. The number of nitrogens with zero attached hydrogens (tertiary/aromatic N) is 1. The number of rotatable bonds is 7. The highest BCUT2D eigenvalue weighted by atomic mass is 16.5. The lowest BCUT2D eigenvalue weighted by Crippen LogP contribution is -2.46. The van der Waals surface area contributed by atoms with Gasteiger partial charge in [-0.25, -0.2) is 0 Å². The Morgan fingerprint density at radius 1 is 1.22 bits per heavy atom. The number of carbonyl (C=O) groups excluding carboxylic acids is 2. The lowest BCUT2D eigenvalue weighted by Gasteiger charge is -2.32. The van der Waals surface area contributed by atoms with E-state index < -0.39 is 0 Å². The molecular weight excluding hydrogens is 294 g/mol. The number of piperidine rings is 1. The molecule has 1 aromatic carbocycles. The molecule has 3 N–H and O–H groups in total. The number of hydrogen-bond donors (Lipinski definition) is 2. The van der Waals surface area contributed by atoms with Gasteiger partial charge >= 0.3 is 0 Å². The van der Waals surface area contributed by atoms with Crippen LogP contribution in [-0.2, 0) is 20.7 Å². The molecule has 1 heterocycles. The molecule has 2 rings (SSSR count). The Morgan fingerprint density at radius 3 is 2.57 bits per heavy atom. The summed E-state index contributed by atoms with van der Waals surface area (Å²) < 4.78 is 5.91.